The van der Waals surface area contributed by atoms with Gasteiger partial charge in [-0.05, 0) is 35.1 Å². The molecule has 1 aromatic heterocycles. The zero-order valence-corrected chi connectivity index (χ0v) is 16.5. The molecule has 2 heterocycles. The van der Waals surface area contributed by atoms with Gasteiger partial charge in [0.15, 0.2) is 10.1 Å². The molecular formula is C17H20ClNO5S2. The number of ether oxygens (including phenoxy) is 1. The molecule has 1 aliphatic heterocycles. The molecule has 142 valence electrons. The molecule has 0 saturated heterocycles. The highest BCUT2D eigenvalue weighted by molar-refractivity contribution is 7.89. The fraction of sp³-hybridized carbons (Fsp3) is 0.294. The quantitative estimate of drug-likeness (QED) is 0.588. The summed E-state index contributed by atoms with van der Waals surface area (Å²) in [5, 5.41) is 2.71. The summed E-state index contributed by atoms with van der Waals surface area (Å²) >= 11 is 8.07. The number of thiophene rings is 1. The van der Waals surface area contributed by atoms with Gasteiger partial charge in [-0.3, -0.25) is 14.0 Å². The molecule has 0 unspecified atom stereocenters. The number of hydrogen-bond donors (Lipinski definition) is 2. The lowest BCUT2D eigenvalue weighted by molar-refractivity contribution is -0.147. The first-order valence-corrected chi connectivity index (χ1v) is 10.5. The standard InChI is InChI=1S/C16H16ClNO2S.CH4O3S/c1-20-16(19)15(12-4-2-3-5-13(12)17)18-8-6-14-11(10-18)7-9-21-14;1-5(2,3)4/h2-5,7,9,15H,6,8,10H2,1H3;1H2,(H2,2,3,4)/t15-;/m0./s1. The molecule has 9 heteroatoms. The number of methoxy groups -OCH3 is 1. The number of halogens is 1. The normalized spacial score (nSPS) is 15.4. The average molecular weight is 418 g/mol. The van der Waals surface area contributed by atoms with Gasteiger partial charge in [-0.25, -0.2) is 9.00 Å². The van der Waals surface area contributed by atoms with Crippen molar-refractivity contribution in [3.8, 4) is 0 Å². The Labute approximate surface area is 162 Å². The third-order valence-electron chi connectivity index (χ3n) is 3.83. The zero-order valence-electron chi connectivity index (χ0n) is 14.1. The van der Waals surface area contributed by atoms with Gasteiger partial charge in [0.05, 0.1) is 7.11 Å². The minimum atomic E-state index is -3.67. The largest absolute Gasteiger partial charge is 0.468 e. The van der Waals surface area contributed by atoms with Crippen molar-refractivity contribution in [3.63, 3.8) is 0 Å². The van der Waals surface area contributed by atoms with E-state index in [1.54, 1.807) is 11.3 Å². The first-order valence-electron chi connectivity index (χ1n) is 7.64. The summed E-state index contributed by atoms with van der Waals surface area (Å²) in [6.45, 7) is 1.59. The van der Waals surface area contributed by atoms with Gasteiger partial charge in [0.1, 0.15) is 6.04 Å². The van der Waals surface area contributed by atoms with Gasteiger partial charge in [0.2, 0.25) is 0 Å². The molecular weight excluding hydrogens is 398 g/mol. The van der Waals surface area contributed by atoms with Crippen LogP contribution in [0.3, 0.4) is 0 Å². The maximum Gasteiger partial charge on any atom is 0.327 e. The third-order valence-corrected chi connectivity index (χ3v) is 5.19. The van der Waals surface area contributed by atoms with Crippen LogP contribution in [-0.2, 0) is 32.6 Å². The predicted molar refractivity (Wildman–Crippen MR) is 105 cm³/mol. The molecule has 0 bridgehead atoms. The Balaban J connectivity index is 0.000000431. The monoisotopic (exact) mass is 417 g/mol. The summed E-state index contributed by atoms with van der Waals surface area (Å²) in [5.41, 5.74) is 2.11. The highest BCUT2D eigenvalue weighted by atomic mass is 35.5. The van der Waals surface area contributed by atoms with E-state index >= 15 is 0 Å². The van der Waals surface area contributed by atoms with E-state index in [4.69, 9.17) is 25.4 Å². The smallest absolute Gasteiger partial charge is 0.327 e. The van der Waals surface area contributed by atoms with Gasteiger partial charge >= 0.3 is 5.97 Å². The number of benzene rings is 1. The molecule has 0 amide bonds. The predicted octanol–water partition coefficient (Wildman–Crippen LogP) is 3.32. The minimum Gasteiger partial charge on any atom is -0.468 e. The van der Waals surface area contributed by atoms with Crippen molar-refractivity contribution in [3.05, 3.63) is 56.7 Å². The van der Waals surface area contributed by atoms with Crippen molar-refractivity contribution in [2.75, 3.05) is 13.7 Å². The lowest BCUT2D eigenvalue weighted by Gasteiger charge is -2.33. The van der Waals surface area contributed by atoms with E-state index in [9.17, 15) is 9.00 Å². The summed E-state index contributed by atoms with van der Waals surface area (Å²) < 4.78 is 29.2. The van der Waals surface area contributed by atoms with Crippen LogP contribution >= 0.6 is 22.9 Å². The Morgan fingerprint density at radius 2 is 2.04 bits per heavy atom. The van der Waals surface area contributed by atoms with Gasteiger partial charge in [0, 0.05) is 28.9 Å². The van der Waals surface area contributed by atoms with Gasteiger partial charge in [-0.15, -0.1) is 11.3 Å². The van der Waals surface area contributed by atoms with E-state index < -0.39 is 16.1 Å². The number of fused-ring (bicyclic) bond motifs is 1. The van der Waals surface area contributed by atoms with E-state index in [0.29, 0.717) is 5.02 Å². The third kappa shape index (κ3) is 5.80. The molecule has 0 spiro atoms. The van der Waals surface area contributed by atoms with Gasteiger partial charge in [-0.1, -0.05) is 29.8 Å². The van der Waals surface area contributed by atoms with Crippen LogP contribution in [-0.4, -0.2) is 43.7 Å². The van der Waals surface area contributed by atoms with Crippen LogP contribution in [0.25, 0.3) is 0 Å². The second kappa shape index (κ2) is 8.98. The van der Waals surface area contributed by atoms with Crippen LogP contribution in [0.15, 0.2) is 35.7 Å². The Hall–Kier alpha value is -1.42. The molecule has 2 N–H and O–H groups in total. The van der Waals surface area contributed by atoms with Crippen LogP contribution in [0.2, 0.25) is 5.02 Å². The van der Waals surface area contributed by atoms with E-state index in [2.05, 4.69) is 22.2 Å². The van der Waals surface area contributed by atoms with Gasteiger partial charge < -0.3 is 4.74 Å². The van der Waals surface area contributed by atoms with Gasteiger partial charge in [-0.2, -0.15) is 0 Å². The summed E-state index contributed by atoms with van der Waals surface area (Å²) in [5.74, 6) is 2.15. The maximum atomic E-state index is 12.3. The van der Waals surface area contributed by atoms with Crippen molar-refractivity contribution in [2.24, 2.45) is 0 Å². The Bertz CT molecular complexity index is 858. The second-order valence-corrected chi connectivity index (χ2v) is 8.26. The van der Waals surface area contributed by atoms with Gasteiger partial charge in [0.25, 0.3) is 0 Å². The highest BCUT2D eigenvalue weighted by Gasteiger charge is 2.32. The highest BCUT2D eigenvalue weighted by Crippen LogP contribution is 2.33. The topological polar surface area (TPSA) is 87.1 Å². The van der Waals surface area contributed by atoms with E-state index in [-0.39, 0.29) is 5.97 Å². The number of nitrogens with zero attached hydrogens (tertiary/aromatic N) is 1. The lowest BCUT2D eigenvalue weighted by Crippen LogP contribution is -2.38. The van der Waals surface area contributed by atoms with Crippen molar-refractivity contribution >= 4 is 44.9 Å². The van der Waals surface area contributed by atoms with Crippen molar-refractivity contribution in [1.29, 1.82) is 0 Å². The summed E-state index contributed by atoms with van der Waals surface area (Å²) in [4.78, 5) is 15.8. The van der Waals surface area contributed by atoms with Crippen molar-refractivity contribution < 1.29 is 22.8 Å². The molecule has 6 nitrogen and oxygen atoms in total. The number of hydrogen-bond acceptors (Lipinski definition) is 5. The summed E-state index contributed by atoms with van der Waals surface area (Å²) in [6, 6.07) is 9.16. The van der Waals surface area contributed by atoms with E-state index in [1.807, 2.05) is 24.3 Å². The first kappa shape index (κ1) is 20.9. The fourth-order valence-corrected chi connectivity index (χ4v) is 3.90. The summed E-state index contributed by atoms with van der Waals surface area (Å²) in [7, 11) is -2.24. The maximum absolute atomic E-state index is 12.3. The van der Waals surface area contributed by atoms with Crippen molar-refractivity contribution in [2.45, 2.75) is 19.0 Å². The van der Waals surface area contributed by atoms with Crippen LogP contribution < -0.4 is 0 Å². The molecule has 26 heavy (non-hydrogen) atoms. The molecule has 2 aromatic rings. The SMILES string of the molecule is C=S(=O)(O)O.COC(=O)[C@H](c1ccccc1Cl)N1CCc2sccc2C1. The molecule has 0 aliphatic carbocycles. The van der Waals surface area contributed by atoms with E-state index in [1.165, 1.54) is 17.6 Å². The number of carbonyl (C=O) groups excluding carboxylic acids is 1. The zero-order chi connectivity index (χ0) is 19.3. The molecule has 1 aromatic carbocycles. The number of esters is 1. The Morgan fingerprint density at radius 1 is 1.38 bits per heavy atom. The Morgan fingerprint density at radius 3 is 2.65 bits per heavy atom. The second-order valence-electron chi connectivity index (χ2n) is 5.64. The first-order chi connectivity index (χ1) is 12.2. The van der Waals surface area contributed by atoms with Crippen molar-refractivity contribution in [1.82, 2.24) is 4.90 Å². The van der Waals surface area contributed by atoms with Crippen LogP contribution in [0, 0.1) is 0 Å². The summed E-state index contributed by atoms with van der Waals surface area (Å²) in [6.07, 6.45) is 0.963. The molecule has 1 atom stereocenters. The Kier molecular flexibility index (Phi) is 7.22. The molecule has 0 saturated carbocycles. The number of rotatable bonds is 3. The fourth-order valence-electron chi connectivity index (χ4n) is 2.77. The van der Waals surface area contributed by atoms with Crippen LogP contribution in [0.1, 0.15) is 22.0 Å². The van der Waals surface area contributed by atoms with Crippen LogP contribution in [0.4, 0.5) is 0 Å². The average Bonchev–Trinajstić information content (AvgIpc) is 3.03. The molecule has 0 fully saturated rings. The lowest BCUT2D eigenvalue weighted by atomic mass is 10.0. The number of carbonyl (C=O) groups is 1. The minimum absolute atomic E-state index is 0.262. The van der Waals surface area contributed by atoms with E-state index in [0.717, 1.165) is 25.1 Å². The molecule has 3 rings (SSSR count). The molecule has 0 radical (unpaired) electrons. The molecule has 1 aliphatic rings. The van der Waals surface area contributed by atoms with Crippen LogP contribution in [0.5, 0.6) is 0 Å².